The molecule has 1 aromatic heterocycles. The Kier molecular flexibility index (Phi) is 4.30. The number of benzene rings is 4. The van der Waals surface area contributed by atoms with E-state index in [1.54, 1.807) is 0 Å². The number of fused-ring (bicyclic) bond motifs is 1. The number of carbonyl (C=O) groups is 1. The minimum atomic E-state index is 0.699. The number of nitrogens with one attached hydrogen (secondary N) is 1. The van der Waals surface area contributed by atoms with Gasteiger partial charge in [0.15, 0.2) is 6.29 Å². The number of hydrogen-bond donors (Lipinski definition) is 1. The minimum Gasteiger partial charge on any atom is -0.354 e. The molecule has 0 aliphatic heterocycles. The van der Waals surface area contributed by atoms with Crippen molar-refractivity contribution in [1.29, 1.82) is 0 Å². The number of aldehydes is 1. The molecular formula is C27H19NO. The van der Waals surface area contributed by atoms with Gasteiger partial charge >= 0.3 is 0 Å². The van der Waals surface area contributed by atoms with Crippen molar-refractivity contribution in [2.24, 2.45) is 0 Å². The molecule has 0 fully saturated rings. The fourth-order valence-electron chi connectivity index (χ4n) is 3.83. The molecule has 29 heavy (non-hydrogen) atoms. The van der Waals surface area contributed by atoms with E-state index in [0.29, 0.717) is 5.56 Å². The SMILES string of the molecule is O=Cc1c(-c2ccc(-c3ccccc3)cc2)[nH]c2ccc(-c3ccccc3)cc12. The molecule has 5 aromatic rings. The topological polar surface area (TPSA) is 32.9 Å². The van der Waals surface area contributed by atoms with Crippen LogP contribution < -0.4 is 0 Å². The monoisotopic (exact) mass is 373 g/mol. The molecule has 1 N–H and O–H groups in total. The first-order valence-corrected chi connectivity index (χ1v) is 9.66. The molecule has 0 radical (unpaired) electrons. The van der Waals surface area contributed by atoms with E-state index in [4.69, 9.17) is 0 Å². The summed E-state index contributed by atoms with van der Waals surface area (Å²) in [5.41, 5.74) is 8.11. The first-order chi connectivity index (χ1) is 14.3. The largest absolute Gasteiger partial charge is 0.354 e. The summed E-state index contributed by atoms with van der Waals surface area (Å²) < 4.78 is 0. The molecule has 0 bridgehead atoms. The van der Waals surface area contributed by atoms with Crippen LogP contribution in [0, 0.1) is 0 Å². The van der Waals surface area contributed by atoms with Crippen LogP contribution in [0.15, 0.2) is 103 Å². The number of hydrogen-bond acceptors (Lipinski definition) is 1. The number of rotatable bonds is 4. The van der Waals surface area contributed by atoms with E-state index in [2.05, 4.69) is 65.6 Å². The van der Waals surface area contributed by atoms with Gasteiger partial charge in [-0.05, 0) is 39.9 Å². The summed E-state index contributed by atoms with van der Waals surface area (Å²) in [7, 11) is 0. The molecule has 0 saturated carbocycles. The van der Waals surface area contributed by atoms with Crippen molar-refractivity contribution in [2.45, 2.75) is 0 Å². The van der Waals surface area contributed by atoms with Crippen LogP contribution >= 0.6 is 0 Å². The van der Waals surface area contributed by atoms with E-state index in [1.165, 1.54) is 5.56 Å². The number of aromatic amines is 1. The molecule has 0 spiro atoms. The fraction of sp³-hybridized carbons (Fsp3) is 0. The first-order valence-electron chi connectivity index (χ1n) is 9.66. The highest BCUT2D eigenvalue weighted by atomic mass is 16.1. The average Bonchev–Trinajstić information content (AvgIpc) is 3.18. The molecule has 0 amide bonds. The molecule has 0 aliphatic rings. The summed E-state index contributed by atoms with van der Waals surface area (Å²) in [6.07, 6.45) is 0.952. The van der Waals surface area contributed by atoms with Gasteiger partial charge in [0.2, 0.25) is 0 Å². The summed E-state index contributed by atoms with van der Waals surface area (Å²) in [4.78, 5) is 15.4. The van der Waals surface area contributed by atoms with Crippen molar-refractivity contribution in [3.05, 3.63) is 109 Å². The molecule has 2 heteroatoms. The van der Waals surface area contributed by atoms with Crippen LogP contribution in [0.25, 0.3) is 44.4 Å². The third kappa shape index (κ3) is 3.15. The van der Waals surface area contributed by atoms with Gasteiger partial charge in [-0.2, -0.15) is 0 Å². The molecule has 0 atom stereocenters. The molecule has 0 aliphatic carbocycles. The number of H-pyrrole nitrogens is 1. The Hall–Kier alpha value is -3.91. The zero-order chi connectivity index (χ0) is 19.6. The van der Waals surface area contributed by atoms with Gasteiger partial charge in [0.1, 0.15) is 0 Å². The summed E-state index contributed by atoms with van der Waals surface area (Å²) in [6, 6.07) is 35.1. The van der Waals surface area contributed by atoms with Gasteiger partial charge in [0, 0.05) is 16.5 Å². The molecule has 0 unspecified atom stereocenters. The van der Waals surface area contributed by atoms with Crippen LogP contribution in [0.3, 0.4) is 0 Å². The predicted octanol–water partition coefficient (Wildman–Crippen LogP) is 6.98. The van der Waals surface area contributed by atoms with Crippen molar-refractivity contribution in [3.63, 3.8) is 0 Å². The third-order valence-corrected chi connectivity index (χ3v) is 5.34. The Bertz CT molecular complexity index is 1280. The van der Waals surface area contributed by atoms with Gasteiger partial charge in [0.05, 0.1) is 5.69 Å². The van der Waals surface area contributed by atoms with Crippen molar-refractivity contribution in [2.75, 3.05) is 0 Å². The van der Waals surface area contributed by atoms with Gasteiger partial charge in [-0.15, -0.1) is 0 Å². The van der Waals surface area contributed by atoms with Crippen LogP contribution in [0.4, 0.5) is 0 Å². The molecule has 0 saturated heterocycles. The van der Waals surface area contributed by atoms with Gasteiger partial charge < -0.3 is 4.98 Å². The second-order valence-corrected chi connectivity index (χ2v) is 7.10. The van der Waals surface area contributed by atoms with Crippen molar-refractivity contribution >= 4 is 17.2 Å². The highest BCUT2D eigenvalue weighted by Crippen LogP contribution is 2.33. The van der Waals surface area contributed by atoms with Crippen LogP contribution in [0.1, 0.15) is 10.4 Å². The second kappa shape index (κ2) is 7.25. The van der Waals surface area contributed by atoms with E-state index in [1.807, 2.05) is 42.5 Å². The van der Waals surface area contributed by atoms with Gasteiger partial charge in [-0.1, -0.05) is 91.0 Å². The average molecular weight is 373 g/mol. The van der Waals surface area contributed by atoms with Crippen molar-refractivity contribution < 1.29 is 4.79 Å². The minimum absolute atomic E-state index is 0.699. The summed E-state index contributed by atoms with van der Waals surface area (Å²) in [6.45, 7) is 0. The second-order valence-electron chi connectivity index (χ2n) is 7.10. The van der Waals surface area contributed by atoms with Gasteiger partial charge in [-0.25, -0.2) is 0 Å². The Labute approximate surface area is 169 Å². The van der Waals surface area contributed by atoms with Crippen LogP contribution in [-0.2, 0) is 0 Å². The molecule has 5 rings (SSSR count). The van der Waals surface area contributed by atoms with E-state index >= 15 is 0 Å². The lowest BCUT2D eigenvalue weighted by molar-refractivity contribution is 0.112. The zero-order valence-electron chi connectivity index (χ0n) is 15.8. The van der Waals surface area contributed by atoms with Crippen LogP contribution in [0.5, 0.6) is 0 Å². The Morgan fingerprint density at radius 2 is 1.07 bits per heavy atom. The van der Waals surface area contributed by atoms with Crippen LogP contribution in [0.2, 0.25) is 0 Å². The quantitative estimate of drug-likeness (QED) is 0.339. The fourth-order valence-corrected chi connectivity index (χ4v) is 3.83. The van der Waals surface area contributed by atoms with E-state index in [-0.39, 0.29) is 0 Å². The highest BCUT2D eigenvalue weighted by Gasteiger charge is 2.14. The molecular weight excluding hydrogens is 354 g/mol. The Morgan fingerprint density at radius 3 is 1.69 bits per heavy atom. The zero-order valence-corrected chi connectivity index (χ0v) is 15.8. The lowest BCUT2D eigenvalue weighted by Crippen LogP contribution is -1.85. The molecule has 4 aromatic carbocycles. The van der Waals surface area contributed by atoms with Crippen molar-refractivity contribution in [3.8, 4) is 33.5 Å². The van der Waals surface area contributed by atoms with Gasteiger partial charge in [0.25, 0.3) is 0 Å². The summed E-state index contributed by atoms with van der Waals surface area (Å²) in [5.74, 6) is 0. The maximum Gasteiger partial charge on any atom is 0.152 e. The molecule has 138 valence electrons. The first kappa shape index (κ1) is 17.2. The third-order valence-electron chi connectivity index (χ3n) is 5.34. The Morgan fingerprint density at radius 1 is 0.552 bits per heavy atom. The van der Waals surface area contributed by atoms with Crippen molar-refractivity contribution in [1.82, 2.24) is 4.98 Å². The lowest BCUT2D eigenvalue weighted by atomic mass is 9.99. The normalized spacial score (nSPS) is 10.9. The Balaban J connectivity index is 1.59. The van der Waals surface area contributed by atoms with E-state index in [9.17, 15) is 4.79 Å². The predicted molar refractivity (Wildman–Crippen MR) is 120 cm³/mol. The van der Waals surface area contributed by atoms with Gasteiger partial charge in [-0.3, -0.25) is 4.79 Å². The van der Waals surface area contributed by atoms with E-state index in [0.717, 1.165) is 45.1 Å². The van der Waals surface area contributed by atoms with Crippen LogP contribution in [-0.4, -0.2) is 11.3 Å². The summed E-state index contributed by atoms with van der Waals surface area (Å²) >= 11 is 0. The maximum atomic E-state index is 12.0. The summed E-state index contributed by atoms with van der Waals surface area (Å²) in [5, 5.41) is 0.948. The number of carbonyl (C=O) groups excluding carboxylic acids is 1. The standard InChI is InChI=1S/C27H19NO/c29-18-25-24-17-23(20-9-5-2-6-10-20)15-16-26(24)28-27(25)22-13-11-21(12-14-22)19-7-3-1-4-8-19/h1-18,28H. The maximum absolute atomic E-state index is 12.0. The lowest BCUT2D eigenvalue weighted by Gasteiger charge is -2.04. The van der Waals surface area contributed by atoms with E-state index < -0.39 is 0 Å². The molecule has 2 nitrogen and oxygen atoms in total. The highest BCUT2D eigenvalue weighted by molar-refractivity contribution is 6.05. The molecule has 1 heterocycles. The number of aromatic nitrogens is 1. The smallest absolute Gasteiger partial charge is 0.152 e.